The number of aliphatic hydroxyl groups excluding tert-OH is 1. The number of esters is 1. The van der Waals surface area contributed by atoms with Crippen LogP contribution >= 0.6 is 0 Å². The minimum absolute atomic E-state index is 0.0539. The molecule has 154 valence electrons. The molecule has 0 spiro atoms. The van der Waals surface area contributed by atoms with Gasteiger partial charge in [0, 0.05) is 12.0 Å². The third-order valence-corrected chi connectivity index (χ3v) is 5.22. The van der Waals surface area contributed by atoms with Gasteiger partial charge in [0.05, 0.1) is 13.2 Å². The van der Waals surface area contributed by atoms with Crippen LogP contribution in [-0.4, -0.2) is 17.7 Å². The quantitative estimate of drug-likeness (QED) is 0.388. The summed E-state index contributed by atoms with van der Waals surface area (Å²) in [7, 11) is 0. The molecule has 0 aliphatic carbocycles. The van der Waals surface area contributed by atoms with Crippen molar-refractivity contribution in [3.05, 3.63) is 95.6 Å². The molecule has 3 rings (SSSR count). The Labute approximate surface area is 178 Å². The molecule has 0 aliphatic rings. The smallest absolute Gasteiger partial charge is 0.333 e. The van der Waals surface area contributed by atoms with Crippen molar-refractivity contribution in [2.45, 2.75) is 33.3 Å². The molecule has 0 bridgehead atoms. The van der Waals surface area contributed by atoms with Crippen molar-refractivity contribution in [1.29, 1.82) is 0 Å². The summed E-state index contributed by atoms with van der Waals surface area (Å²) in [5.74, 6) is -0.350. The number of hydrogen-bond acceptors (Lipinski definition) is 3. The number of aryl methyl sites for hydroxylation is 1. The van der Waals surface area contributed by atoms with Crippen molar-refractivity contribution in [2.75, 3.05) is 6.61 Å². The molecule has 3 nitrogen and oxygen atoms in total. The Kier molecular flexibility index (Phi) is 7.21. The number of carbonyl (C=O) groups excluding carboxylic acids is 1. The highest BCUT2D eigenvalue weighted by Gasteiger charge is 2.10. The van der Waals surface area contributed by atoms with Crippen LogP contribution in [0.1, 0.15) is 30.5 Å². The van der Waals surface area contributed by atoms with Crippen LogP contribution in [0.4, 0.5) is 0 Å². The maximum Gasteiger partial charge on any atom is 0.333 e. The summed E-state index contributed by atoms with van der Waals surface area (Å²) < 4.78 is 5.28. The van der Waals surface area contributed by atoms with E-state index in [0.717, 1.165) is 34.2 Å². The molecule has 0 saturated heterocycles. The van der Waals surface area contributed by atoms with E-state index < -0.39 is 0 Å². The monoisotopic (exact) mass is 400 g/mol. The van der Waals surface area contributed by atoms with Gasteiger partial charge >= 0.3 is 5.97 Å². The number of ether oxygens (including phenoxy) is 1. The fraction of sp³-hybridized carbons (Fsp3) is 0.222. The van der Waals surface area contributed by atoms with E-state index in [1.807, 2.05) is 24.3 Å². The maximum atomic E-state index is 11.6. The summed E-state index contributed by atoms with van der Waals surface area (Å²) in [6.07, 6.45) is 1.57. The van der Waals surface area contributed by atoms with Crippen LogP contribution in [0.15, 0.2) is 78.9 Å². The van der Waals surface area contributed by atoms with Crippen molar-refractivity contribution in [3.63, 3.8) is 0 Å². The summed E-state index contributed by atoms with van der Waals surface area (Å²) >= 11 is 0. The molecule has 0 fully saturated rings. The second-order valence-corrected chi connectivity index (χ2v) is 7.40. The molecule has 0 heterocycles. The molecule has 30 heavy (non-hydrogen) atoms. The standard InChI is InChI=1S/C27H28O3/c1-4-21-17-24(13-14-26(21)23-11-9-20(18-28)10-12-23)25-8-6-5-7-22(25)15-16-30-27(29)19(2)3/h5-14,17,28H,2,4,15-16,18H2,1,3H3. The van der Waals surface area contributed by atoms with Gasteiger partial charge in [-0.15, -0.1) is 0 Å². The van der Waals surface area contributed by atoms with Crippen LogP contribution in [0.3, 0.4) is 0 Å². The average Bonchev–Trinajstić information content (AvgIpc) is 2.79. The lowest BCUT2D eigenvalue weighted by Crippen LogP contribution is -2.08. The fourth-order valence-corrected chi connectivity index (χ4v) is 3.52. The van der Waals surface area contributed by atoms with Crippen LogP contribution in [0.25, 0.3) is 22.3 Å². The third-order valence-electron chi connectivity index (χ3n) is 5.22. The normalized spacial score (nSPS) is 10.6. The van der Waals surface area contributed by atoms with Crippen molar-refractivity contribution in [3.8, 4) is 22.3 Å². The SMILES string of the molecule is C=C(C)C(=O)OCCc1ccccc1-c1ccc(-c2ccc(CO)cc2)c(CC)c1. The topological polar surface area (TPSA) is 46.5 Å². The van der Waals surface area contributed by atoms with Gasteiger partial charge in [0.25, 0.3) is 0 Å². The molecule has 0 aromatic heterocycles. The van der Waals surface area contributed by atoms with Gasteiger partial charge in [-0.05, 0) is 52.3 Å². The second kappa shape index (κ2) is 10.0. The molecule has 0 saturated carbocycles. The van der Waals surface area contributed by atoms with E-state index in [1.165, 1.54) is 11.1 Å². The van der Waals surface area contributed by atoms with Gasteiger partial charge in [0.15, 0.2) is 0 Å². The van der Waals surface area contributed by atoms with Crippen LogP contribution < -0.4 is 0 Å². The summed E-state index contributed by atoms with van der Waals surface area (Å²) in [6.45, 7) is 7.82. The minimum atomic E-state index is -0.350. The maximum absolute atomic E-state index is 11.6. The number of carbonyl (C=O) groups is 1. The molecular formula is C27H28O3. The number of benzene rings is 3. The van der Waals surface area contributed by atoms with Crippen LogP contribution in [0, 0.1) is 0 Å². The Morgan fingerprint density at radius 3 is 2.27 bits per heavy atom. The van der Waals surface area contributed by atoms with E-state index in [-0.39, 0.29) is 12.6 Å². The third kappa shape index (κ3) is 5.05. The summed E-state index contributed by atoms with van der Waals surface area (Å²) in [5.41, 5.74) is 8.41. The molecule has 0 amide bonds. The van der Waals surface area contributed by atoms with Gasteiger partial charge in [-0.1, -0.05) is 80.2 Å². The van der Waals surface area contributed by atoms with Gasteiger partial charge < -0.3 is 9.84 Å². The first kappa shape index (κ1) is 21.5. The van der Waals surface area contributed by atoms with Crippen molar-refractivity contribution >= 4 is 5.97 Å². The van der Waals surface area contributed by atoms with Crippen LogP contribution in [0.5, 0.6) is 0 Å². The highest BCUT2D eigenvalue weighted by molar-refractivity contribution is 5.87. The molecule has 0 atom stereocenters. The molecule has 3 heteroatoms. The predicted molar refractivity (Wildman–Crippen MR) is 122 cm³/mol. The van der Waals surface area contributed by atoms with Crippen molar-refractivity contribution < 1.29 is 14.6 Å². The minimum Gasteiger partial charge on any atom is -0.462 e. The lowest BCUT2D eigenvalue weighted by atomic mass is 9.91. The zero-order chi connectivity index (χ0) is 21.5. The number of aliphatic hydroxyl groups is 1. The summed E-state index contributed by atoms with van der Waals surface area (Å²) in [6, 6.07) is 22.8. The zero-order valence-corrected chi connectivity index (χ0v) is 17.7. The van der Waals surface area contributed by atoms with Gasteiger partial charge in [-0.3, -0.25) is 0 Å². The lowest BCUT2D eigenvalue weighted by molar-refractivity contribution is -0.138. The van der Waals surface area contributed by atoms with E-state index in [0.29, 0.717) is 18.6 Å². The predicted octanol–water partition coefficient (Wildman–Crippen LogP) is 5.74. The summed E-state index contributed by atoms with van der Waals surface area (Å²) in [5, 5.41) is 9.28. The van der Waals surface area contributed by atoms with Gasteiger partial charge in [-0.2, -0.15) is 0 Å². The lowest BCUT2D eigenvalue weighted by Gasteiger charge is -2.14. The first-order valence-electron chi connectivity index (χ1n) is 10.3. The van der Waals surface area contributed by atoms with Crippen LogP contribution in [-0.2, 0) is 29.0 Å². The molecule has 3 aromatic carbocycles. The molecule has 3 aromatic rings. The Morgan fingerprint density at radius 2 is 1.60 bits per heavy atom. The van der Waals surface area contributed by atoms with Crippen molar-refractivity contribution in [2.24, 2.45) is 0 Å². The van der Waals surface area contributed by atoms with Crippen molar-refractivity contribution in [1.82, 2.24) is 0 Å². The highest BCUT2D eigenvalue weighted by Crippen LogP contribution is 2.31. The first-order valence-corrected chi connectivity index (χ1v) is 10.3. The molecular weight excluding hydrogens is 372 g/mol. The van der Waals surface area contributed by atoms with E-state index in [9.17, 15) is 9.90 Å². The Bertz CT molecular complexity index is 1030. The Balaban J connectivity index is 1.87. The zero-order valence-electron chi connectivity index (χ0n) is 17.7. The van der Waals surface area contributed by atoms with Gasteiger partial charge in [0.1, 0.15) is 0 Å². The largest absolute Gasteiger partial charge is 0.462 e. The molecule has 0 radical (unpaired) electrons. The molecule has 0 unspecified atom stereocenters. The van der Waals surface area contributed by atoms with E-state index in [2.05, 4.69) is 56.0 Å². The second-order valence-electron chi connectivity index (χ2n) is 7.40. The number of hydrogen-bond donors (Lipinski definition) is 1. The first-order chi connectivity index (χ1) is 14.5. The van der Waals surface area contributed by atoms with Crippen LogP contribution in [0.2, 0.25) is 0 Å². The fourth-order valence-electron chi connectivity index (χ4n) is 3.52. The molecule has 1 N–H and O–H groups in total. The van der Waals surface area contributed by atoms with Gasteiger partial charge in [0.2, 0.25) is 0 Å². The Morgan fingerprint density at radius 1 is 0.933 bits per heavy atom. The number of rotatable bonds is 8. The Hall–Kier alpha value is -3.17. The summed E-state index contributed by atoms with van der Waals surface area (Å²) in [4.78, 5) is 11.6. The molecule has 0 aliphatic heterocycles. The van der Waals surface area contributed by atoms with Gasteiger partial charge in [-0.25, -0.2) is 4.79 Å². The van der Waals surface area contributed by atoms with E-state index >= 15 is 0 Å². The van der Waals surface area contributed by atoms with E-state index in [4.69, 9.17) is 4.74 Å². The average molecular weight is 401 g/mol. The highest BCUT2D eigenvalue weighted by atomic mass is 16.5. The van der Waals surface area contributed by atoms with E-state index in [1.54, 1.807) is 6.92 Å².